The van der Waals surface area contributed by atoms with Crippen LogP contribution in [0.15, 0.2) is 23.1 Å². The molecular formula is C14H18FNO4S. The van der Waals surface area contributed by atoms with Crippen molar-refractivity contribution in [2.45, 2.75) is 37.5 Å². The maximum Gasteiger partial charge on any atom is 0.338 e. The molecular weight excluding hydrogens is 297 g/mol. The van der Waals surface area contributed by atoms with E-state index in [1.165, 1.54) is 0 Å². The normalized spacial score (nSPS) is 17.2. The number of benzene rings is 1. The van der Waals surface area contributed by atoms with E-state index < -0.39 is 27.4 Å². The van der Waals surface area contributed by atoms with Gasteiger partial charge in [-0.3, -0.25) is 0 Å². The number of nitrogens with one attached hydrogen (secondary N) is 1. The van der Waals surface area contributed by atoms with Crippen molar-refractivity contribution in [2.24, 2.45) is 5.41 Å². The van der Waals surface area contributed by atoms with E-state index in [2.05, 4.69) is 4.72 Å². The summed E-state index contributed by atoms with van der Waals surface area (Å²) in [6, 6.07) is 2.78. The van der Waals surface area contributed by atoms with E-state index in [0.717, 1.165) is 43.9 Å². The zero-order chi connectivity index (χ0) is 15.7. The first kappa shape index (κ1) is 15.9. The van der Waals surface area contributed by atoms with Gasteiger partial charge in [-0.2, -0.15) is 0 Å². The third kappa shape index (κ3) is 3.24. The van der Waals surface area contributed by atoms with Crippen LogP contribution >= 0.6 is 0 Å². The highest BCUT2D eigenvalue weighted by atomic mass is 32.2. The van der Waals surface area contributed by atoms with Crippen molar-refractivity contribution in [3.05, 3.63) is 29.6 Å². The van der Waals surface area contributed by atoms with Crippen LogP contribution in [0, 0.1) is 11.2 Å². The zero-order valence-electron chi connectivity index (χ0n) is 11.7. The lowest BCUT2D eigenvalue weighted by Crippen LogP contribution is -2.41. The zero-order valence-corrected chi connectivity index (χ0v) is 12.5. The quantitative estimate of drug-likeness (QED) is 0.844. The third-order valence-electron chi connectivity index (χ3n) is 4.28. The standard InChI is InChI=1S/C14H18FNO4S/c1-2-14(6-3-7-14)9-16-21(19,20)10-4-5-12(15)11(8-10)13(17)18/h4-5,8,16H,2-3,6-7,9H2,1H3,(H,17,18). The van der Waals surface area contributed by atoms with Crippen LogP contribution in [0.25, 0.3) is 0 Å². The molecule has 0 aromatic heterocycles. The minimum absolute atomic E-state index is 0.00271. The van der Waals surface area contributed by atoms with Crippen LogP contribution < -0.4 is 4.72 Å². The van der Waals surface area contributed by atoms with E-state index in [-0.39, 0.29) is 10.3 Å². The monoisotopic (exact) mass is 315 g/mol. The highest BCUT2D eigenvalue weighted by Gasteiger charge is 2.36. The molecule has 0 spiro atoms. The van der Waals surface area contributed by atoms with Crippen molar-refractivity contribution in [3.63, 3.8) is 0 Å². The Bertz CT molecular complexity index is 647. The molecule has 116 valence electrons. The number of hydrogen-bond acceptors (Lipinski definition) is 3. The number of carboxylic acids is 1. The van der Waals surface area contributed by atoms with Gasteiger partial charge in [0.1, 0.15) is 5.82 Å². The van der Waals surface area contributed by atoms with Gasteiger partial charge >= 0.3 is 5.97 Å². The summed E-state index contributed by atoms with van der Waals surface area (Å²) in [4.78, 5) is 10.6. The summed E-state index contributed by atoms with van der Waals surface area (Å²) < 4.78 is 40.2. The SMILES string of the molecule is CCC1(CNS(=O)(=O)c2ccc(F)c(C(=O)O)c2)CCC1. The molecule has 0 radical (unpaired) electrons. The van der Waals surface area contributed by atoms with Gasteiger partial charge in [0.2, 0.25) is 10.0 Å². The van der Waals surface area contributed by atoms with E-state index in [1.807, 2.05) is 6.92 Å². The molecule has 0 unspecified atom stereocenters. The average molecular weight is 315 g/mol. The van der Waals surface area contributed by atoms with E-state index in [9.17, 15) is 17.6 Å². The number of carboxylic acid groups (broad SMARTS) is 1. The minimum atomic E-state index is -3.83. The minimum Gasteiger partial charge on any atom is -0.478 e. The molecule has 0 aliphatic heterocycles. The largest absolute Gasteiger partial charge is 0.478 e. The molecule has 1 aliphatic rings. The van der Waals surface area contributed by atoms with Gasteiger partial charge in [-0.25, -0.2) is 22.3 Å². The Hall–Kier alpha value is -1.47. The summed E-state index contributed by atoms with van der Waals surface area (Å²) in [5, 5.41) is 8.84. The van der Waals surface area contributed by atoms with Gasteiger partial charge in [0, 0.05) is 6.54 Å². The lowest BCUT2D eigenvalue weighted by molar-refractivity contribution is 0.0691. The van der Waals surface area contributed by atoms with Crippen LogP contribution in [-0.4, -0.2) is 26.0 Å². The van der Waals surface area contributed by atoms with Crippen molar-refractivity contribution in [1.82, 2.24) is 4.72 Å². The second-order valence-electron chi connectivity index (χ2n) is 5.48. The van der Waals surface area contributed by atoms with Gasteiger partial charge in [-0.1, -0.05) is 13.3 Å². The molecule has 2 N–H and O–H groups in total. The first-order valence-corrected chi connectivity index (χ1v) is 8.30. The highest BCUT2D eigenvalue weighted by Crippen LogP contribution is 2.43. The molecule has 0 saturated heterocycles. The van der Waals surface area contributed by atoms with Gasteiger partial charge in [0.05, 0.1) is 10.5 Å². The fourth-order valence-electron chi connectivity index (χ4n) is 2.50. The predicted molar refractivity (Wildman–Crippen MR) is 75.1 cm³/mol. The van der Waals surface area contributed by atoms with Gasteiger partial charge < -0.3 is 5.11 Å². The van der Waals surface area contributed by atoms with Crippen LogP contribution in [0.3, 0.4) is 0 Å². The summed E-state index contributed by atoms with van der Waals surface area (Å²) in [5.74, 6) is -2.45. The molecule has 1 fully saturated rings. The van der Waals surface area contributed by atoms with E-state index in [0.29, 0.717) is 6.54 Å². The summed E-state index contributed by atoms with van der Waals surface area (Å²) in [6.45, 7) is 2.35. The van der Waals surface area contributed by atoms with Crippen molar-refractivity contribution in [1.29, 1.82) is 0 Å². The van der Waals surface area contributed by atoms with Gasteiger partial charge in [0.15, 0.2) is 0 Å². The summed E-state index contributed by atoms with van der Waals surface area (Å²) in [6.07, 6.45) is 3.94. The molecule has 0 heterocycles. The smallest absolute Gasteiger partial charge is 0.338 e. The molecule has 5 nitrogen and oxygen atoms in total. The van der Waals surface area contributed by atoms with Crippen LogP contribution in [0.2, 0.25) is 0 Å². The molecule has 1 aliphatic carbocycles. The van der Waals surface area contributed by atoms with E-state index >= 15 is 0 Å². The number of carbonyl (C=O) groups is 1. The van der Waals surface area contributed by atoms with Gasteiger partial charge in [-0.05, 0) is 42.9 Å². The first-order chi connectivity index (χ1) is 9.80. The third-order valence-corrected chi connectivity index (χ3v) is 5.68. The van der Waals surface area contributed by atoms with Gasteiger partial charge in [0.25, 0.3) is 0 Å². The molecule has 7 heteroatoms. The number of sulfonamides is 1. The van der Waals surface area contributed by atoms with Crippen LogP contribution in [0.4, 0.5) is 4.39 Å². The van der Waals surface area contributed by atoms with Crippen LogP contribution in [-0.2, 0) is 10.0 Å². The first-order valence-electron chi connectivity index (χ1n) is 6.82. The number of rotatable bonds is 6. The Morgan fingerprint density at radius 3 is 2.57 bits per heavy atom. The molecule has 21 heavy (non-hydrogen) atoms. The average Bonchev–Trinajstić information content (AvgIpc) is 2.37. The maximum atomic E-state index is 13.3. The number of aromatic carboxylic acids is 1. The summed E-state index contributed by atoms with van der Waals surface area (Å²) >= 11 is 0. The Morgan fingerprint density at radius 2 is 2.10 bits per heavy atom. The molecule has 0 bridgehead atoms. The molecule has 1 aromatic rings. The van der Waals surface area contributed by atoms with Crippen molar-refractivity contribution >= 4 is 16.0 Å². The fraction of sp³-hybridized carbons (Fsp3) is 0.500. The molecule has 2 rings (SSSR count). The summed E-state index contributed by atoms with van der Waals surface area (Å²) in [5.41, 5.74) is -0.644. The Balaban J connectivity index is 2.20. The lowest BCUT2D eigenvalue weighted by atomic mass is 9.67. The number of halogens is 1. The predicted octanol–water partition coefficient (Wildman–Crippen LogP) is 2.38. The highest BCUT2D eigenvalue weighted by molar-refractivity contribution is 7.89. The van der Waals surface area contributed by atoms with Crippen LogP contribution in [0.5, 0.6) is 0 Å². The second kappa shape index (κ2) is 5.73. The number of hydrogen-bond donors (Lipinski definition) is 2. The second-order valence-corrected chi connectivity index (χ2v) is 7.25. The molecule has 1 aromatic carbocycles. The molecule has 0 atom stereocenters. The van der Waals surface area contributed by atoms with Crippen molar-refractivity contribution in [3.8, 4) is 0 Å². The lowest BCUT2D eigenvalue weighted by Gasteiger charge is -2.41. The van der Waals surface area contributed by atoms with Gasteiger partial charge in [-0.15, -0.1) is 0 Å². The van der Waals surface area contributed by atoms with E-state index in [1.54, 1.807) is 0 Å². The summed E-state index contributed by atoms with van der Waals surface area (Å²) in [7, 11) is -3.83. The Morgan fingerprint density at radius 1 is 1.43 bits per heavy atom. The van der Waals surface area contributed by atoms with E-state index in [4.69, 9.17) is 5.11 Å². The Labute approximate surface area is 123 Å². The fourth-order valence-corrected chi connectivity index (χ4v) is 3.68. The molecule has 0 amide bonds. The maximum absolute atomic E-state index is 13.3. The Kier molecular flexibility index (Phi) is 4.34. The topological polar surface area (TPSA) is 83.5 Å². The molecule has 1 saturated carbocycles. The van der Waals surface area contributed by atoms with Crippen molar-refractivity contribution < 1.29 is 22.7 Å². The van der Waals surface area contributed by atoms with Crippen molar-refractivity contribution in [2.75, 3.05) is 6.54 Å². The van der Waals surface area contributed by atoms with Crippen LogP contribution in [0.1, 0.15) is 43.0 Å².